The fourth-order valence-corrected chi connectivity index (χ4v) is 5.99. The summed E-state index contributed by atoms with van der Waals surface area (Å²) in [4.78, 5) is 12.9. The van der Waals surface area contributed by atoms with Crippen molar-refractivity contribution in [3.63, 3.8) is 0 Å². The first-order valence-electron chi connectivity index (χ1n) is 10.4. The molecule has 4 rings (SSSR count). The van der Waals surface area contributed by atoms with Crippen molar-refractivity contribution in [2.45, 2.75) is 71.3 Å². The molecule has 2 saturated carbocycles. The third-order valence-electron chi connectivity index (χ3n) is 7.38. The topological polar surface area (TPSA) is 48.7 Å². The van der Waals surface area contributed by atoms with Gasteiger partial charge in [-0.25, -0.2) is 0 Å². The number of hydrogen-bond acceptors (Lipinski definition) is 4. The molecule has 0 aromatic carbocycles. The Hall–Kier alpha value is -1.29. The molecule has 1 aromatic rings. The zero-order chi connectivity index (χ0) is 18.3. The van der Waals surface area contributed by atoms with Crippen molar-refractivity contribution in [3.05, 3.63) is 27.1 Å². The maximum Gasteiger partial charge on any atom is 0.291 e. The van der Waals surface area contributed by atoms with Crippen molar-refractivity contribution in [3.8, 4) is 5.95 Å². The molecule has 2 aliphatic carbocycles. The van der Waals surface area contributed by atoms with Gasteiger partial charge in [0.2, 0.25) is 0 Å². The molecule has 4 nitrogen and oxygen atoms in total. The van der Waals surface area contributed by atoms with E-state index in [1.54, 1.807) is 7.11 Å². The van der Waals surface area contributed by atoms with E-state index in [1.807, 2.05) is 13.8 Å². The number of hydrogen-bond donors (Lipinski definition) is 0. The summed E-state index contributed by atoms with van der Waals surface area (Å²) in [5.41, 5.74) is 1.59. The molecule has 26 heavy (non-hydrogen) atoms. The van der Waals surface area contributed by atoms with Gasteiger partial charge in [-0.3, -0.25) is 4.79 Å². The van der Waals surface area contributed by atoms with Gasteiger partial charge in [-0.15, -0.1) is 0 Å². The highest BCUT2D eigenvalue weighted by Crippen LogP contribution is 2.50. The summed E-state index contributed by atoms with van der Waals surface area (Å²) in [5, 5.41) is 0. The zero-order valence-corrected chi connectivity index (χ0v) is 16.4. The maximum absolute atomic E-state index is 12.9. The van der Waals surface area contributed by atoms with Gasteiger partial charge in [0.1, 0.15) is 5.76 Å². The number of rotatable bonds is 3. The van der Waals surface area contributed by atoms with Gasteiger partial charge in [-0.2, -0.15) is 0 Å². The Morgan fingerprint density at radius 3 is 2.62 bits per heavy atom. The first-order valence-corrected chi connectivity index (χ1v) is 10.4. The molecule has 0 bridgehead atoms. The Bertz CT molecular complexity index is 707. The van der Waals surface area contributed by atoms with Crippen LogP contribution in [0.1, 0.15) is 61.8 Å². The summed E-state index contributed by atoms with van der Waals surface area (Å²) in [5.74, 6) is 3.89. The van der Waals surface area contributed by atoms with Crippen LogP contribution in [-0.4, -0.2) is 19.8 Å². The summed E-state index contributed by atoms with van der Waals surface area (Å²) in [6.45, 7) is 4.64. The molecule has 3 fully saturated rings. The van der Waals surface area contributed by atoms with Crippen LogP contribution in [-0.2, 0) is 11.2 Å². The lowest BCUT2D eigenvalue weighted by molar-refractivity contribution is -0.104. The lowest BCUT2D eigenvalue weighted by Gasteiger charge is -2.50. The fourth-order valence-electron chi connectivity index (χ4n) is 5.99. The van der Waals surface area contributed by atoms with E-state index in [0.29, 0.717) is 23.7 Å². The molecule has 5 atom stereocenters. The average Bonchev–Trinajstić information content (AvgIpc) is 2.68. The van der Waals surface area contributed by atoms with Crippen molar-refractivity contribution < 1.29 is 13.9 Å². The van der Waals surface area contributed by atoms with Crippen LogP contribution in [0.3, 0.4) is 0 Å². The first kappa shape index (κ1) is 18.1. The van der Waals surface area contributed by atoms with E-state index < -0.39 is 0 Å². The summed E-state index contributed by atoms with van der Waals surface area (Å²) < 4.78 is 17.3. The largest absolute Gasteiger partial charge is 0.468 e. The molecule has 5 unspecified atom stereocenters. The minimum absolute atomic E-state index is 0.113. The number of ether oxygens (including phenoxy) is 2. The van der Waals surface area contributed by atoms with Gasteiger partial charge in [0.25, 0.3) is 5.95 Å². The molecule has 3 aliphatic rings. The maximum atomic E-state index is 12.9. The van der Waals surface area contributed by atoms with Crippen molar-refractivity contribution in [2.75, 3.05) is 13.7 Å². The van der Waals surface area contributed by atoms with E-state index in [-0.39, 0.29) is 5.43 Å². The predicted molar refractivity (Wildman–Crippen MR) is 101 cm³/mol. The molecule has 1 aliphatic heterocycles. The summed E-state index contributed by atoms with van der Waals surface area (Å²) in [6.07, 6.45) is 10.1. The van der Waals surface area contributed by atoms with E-state index >= 15 is 0 Å². The summed E-state index contributed by atoms with van der Waals surface area (Å²) >= 11 is 0. The Kier molecular flexibility index (Phi) is 5.13. The van der Waals surface area contributed by atoms with Crippen LogP contribution in [0.2, 0.25) is 0 Å². The third kappa shape index (κ3) is 3.11. The minimum atomic E-state index is 0.113. The van der Waals surface area contributed by atoms with Crippen molar-refractivity contribution in [1.82, 2.24) is 0 Å². The molecular weight excluding hydrogens is 328 g/mol. The predicted octanol–water partition coefficient (Wildman–Crippen LogP) is 4.43. The zero-order valence-electron chi connectivity index (χ0n) is 16.4. The molecule has 2 heterocycles. The van der Waals surface area contributed by atoms with E-state index in [9.17, 15) is 4.79 Å². The summed E-state index contributed by atoms with van der Waals surface area (Å²) in [6, 6.07) is 0. The molecule has 144 valence electrons. The van der Waals surface area contributed by atoms with E-state index in [1.165, 1.54) is 44.9 Å². The first-order chi connectivity index (χ1) is 12.6. The molecule has 4 heteroatoms. The van der Waals surface area contributed by atoms with Crippen LogP contribution >= 0.6 is 0 Å². The molecule has 0 amide bonds. The molecule has 0 spiro atoms. The second kappa shape index (κ2) is 7.38. The van der Waals surface area contributed by atoms with Crippen LogP contribution in [0.25, 0.3) is 0 Å². The molecule has 0 N–H and O–H groups in total. The van der Waals surface area contributed by atoms with Crippen LogP contribution < -0.4 is 10.2 Å². The van der Waals surface area contributed by atoms with Crippen molar-refractivity contribution in [2.24, 2.45) is 23.7 Å². The Morgan fingerprint density at radius 1 is 1.00 bits per heavy atom. The standard InChI is InChI=1S/C22H32O4/c1-13-14(2)26-22(24-3)19(21(13)23)12-15-6-4-7-17-16(15)9-10-20-18(17)8-5-11-25-20/h15-18,20H,4-12H2,1-3H3. The lowest BCUT2D eigenvalue weighted by Crippen LogP contribution is -2.46. The van der Waals surface area contributed by atoms with Gasteiger partial charge in [0.15, 0.2) is 5.43 Å². The lowest BCUT2D eigenvalue weighted by atomic mass is 9.58. The van der Waals surface area contributed by atoms with Gasteiger partial charge in [0, 0.05) is 12.2 Å². The van der Waals surface area contributed by atoms with Gasteiger partial charge in [-0.1, -0.05) is 6.42 Å². The third-order valence-corrected chi connectivity index (χ3v) is 7.38. The summed E-state index contributed by atoms with van der Waals surface area (Å²) in [7, 11) is 1.60. The molecular formula is C22H32O4. The number of methoxy groups -OCH3 is 1. The van der Waals surface area contributed by atoms with Crippen LogP contribution in [0.4, 0.5) is 0 Å². The monoisotopic (exact) mass is 360 g/mol. The number of aryl methyl sites for hydroxylation is 1. The van der Waals surface area contributed by atoms with E-state index in [2.05, 4.69) is 0 Å². The molecule has 1 saturated heterocycles. The highest BCUT2D eigenvalue weighted by molar-refractivity contribution is 5.30. The van der Waals surface area contributed by atoms with Crippen molar-refractivity contribution in [1.29, 1.82) is 0 Å². The normalized spacial score (nSPS) is 34.0. The van der Waals surface area contributed by atoms with Gasteiger partial charge in [-0.05, 0) is 82.5 Å². The SMILES string of the molecule is COc1oc(C)c(C)c(=O)c1CC1CCCC2C1CCC1OCCCC12. The average molecular weight is 360 g/mol. The second-order valence-corrected chi connectivity index (χ2v) is 8.60. The van der Waals surface area contributed by atoms with Gasteiger partial charge in [0.05, 0.1) is 18.8 Å². The quantitative estimate of drug-likeness (QED) is 0.800. The second-order valence-electron chi connectivity index (χ2n) is 8.60. The van der Waals surface area contributed by atoms with E-state index in [0.717, 1.165) is 41.9 Å². The Labute approximate surface area is 156 Å². The Morgan fingerprint density at radius 2 is 1.81 bits per heavy atom. The van der Waals surface area contributed by atoms with Gasteiger partial charge >= 0.3 is 0 Å². The van der Waals surface area contributed by atoms with Gasteiger partial charge < -0.3 is 13.9 Å². The van der Waals surface area contributed by atoms with Crippen LogP contribution in [0.5, 0.6) is 5.95 Å². The highest BCUT2D eigenvalue weighted by atomic mass is 16.6. The smallest absolute Gasteiger partial charge is 0.291 e. The van der Waals surface area contributed by atoms with Crippen LogP contribution in [0, 0.1) is 37.5 Å². The number of fused-ring (bicyclic) bond motifs is 3. The highest BCUT2D eigenvalue weighted by Gasteiger charge is 2.45. The molecule has 1 aromatic heterocycles. The Balaban J connectivity index is 1.59. The fraction of sp³-hybridized carbons (Fsp3) is 0.773. The molecule has 0 radical (unpaired) electrons. The van der Waals surface area contributed by atoms with Crippen molar-refractivity contribution >= 4 is 0 Å². The minimum Gasteiger partial charge on any atom is -0.468 e. The van der Waals surface area contributed by atoms with E-state index in [4.69, 9.17) is 13.9 Å². The van der Waals surface area contributed by atoms with Crippen LogP contribution in [0.15, 0.2) is 9.21 Å².